The van der Waals surface area contributed by atoms with E-state index in [4.69, 9.17) is 5.73 Å². The molecule has 1 aromatic rings. The molecular formula is C15H22N2S. The molecule has 4 saturated carbocycles. The molecular weight excluding hydrogens is 240 g/mol. The van der Waals surface area contributed by atoms with Gasteiger partial charge in [0.2, 0.25) is 0 Å². The Balaban J connectivity index is 1.51. The highest BCUT2D eigenvalue weighted by atomic mass is 32.1. The molecule has 4 fully saturated rings. The molecule has 0 unspecified atom stereocenters. The molecule has 0 spiro atoms. The van der Waals surface area contributed by atoms with Crippen LogP contribution in [0.25, 0.3) is 0 Å². The van der Waals surface area contributed by atoms with E-state index < -0.39 is 0 Å². The first-order valence-electron chi connectivity index (χ1n) is 7.45. The van der Waals surface area contributed by atoms with E-state index in [2.05, 4.69) is 11.2 Å². The van der Waals surface area contributed by atoms with E-state index in [0.717, 1.165) is 34.6 Å². The molecule has 0 aromatic carbocycles. The van der Waals surface area contributed by atoms with Gasteiger partial charge in [0.25, 0.3) is 0 Å². The van der Waals surface area contributed by atoms with E-state index in [-0.39, 0.29) is 0 Å². The van der Waals surface area contributed by atoms with Gasteiger partial charge >= 0.3 is 0 Å². The summed E-state index contributed by atoms with van der Waals surface area (Å²) < 4.78 is 0. The zero-order valence-corrected chi connectivity index (χ0v) is 11.7. The molecule has 0 radical (unpaired) electrons. The summed E-state index contributed by atoms with van der Waals surface area (Å²) in [6.07, 6.45) is 11.0. The lowest BCUT2D eigenvalue weighted by atomic mass is 9.51. The SMILES string of the molecule is NCc1ncc(CC2C3CC4CC(C3)CC2C4)s1. The molecule has 2 N–H and O–H groups in total. The van der Waals surface area contributed by atoms with Gasteiger partial charge in [0.05, 0.1) is 0 Å². The third-order valence-corrected chi connectivity index (χ3v) is 6.68. The van der Waals surface area contributed by atoms with Crippen molar-refractivity contribution >= 4 is 11.3 Å². The number of hydrogen-bond donors (Lipinski definition) is 1. The molecule has 3 heteroatoms. The average molecular weight is 262 g/mol. The monoisotopic (exact) mass is 262 g/mol. The molecule has 0 atom stereocenters. The largest absolute Gasteiger partial charge is 0.325 e. The smallest absolute Gasteiger partial charge is 0.106 e. The van der Waals surface area contributed by atoms with E-state index in [9.17, 15) is 0 Å². The zero-order chi connectivity index (χ0) is 12.1. The average Bonchev–Trinajstić information content (AvgIpc) is 2.80. The molecule has 98 valence electrons. The molecule has 5 rings (SSSR count). The van der Waals surface area contributed by atoms with Crippen molar-refractivity contribution in [2.45, 2.75) is 45.1 Å². The Hall–Kier alpha value is -0.410. The van der Waals surface area contributed by atoms with Gasteiger partial charge in [0.1, 0.15) is 5.01 Å². The quantitative estimate of drug-likeness (QED) is 0.908. The van der Waals surface area contributed by atoms with Crippen LogP contribution in [0.1, 0.15) is 42.0 Å². The Morgan fingerprint density at radius 2 is 1.78 bits per heavy atom. The lowest BCUT2D eigenvalue weighted by Gasteiger charge is -2.54. The highest BCUT2D eigenvalue weighted by molar-refractivity contribution is 7.11. The minimum Gasteiger partial charge on any atom is -0.325 e. The van der Waals surface area contributed by atoms with Gasteiger partial charge in [-0.2, -0.15) is 0 Å². The summed E-state index contributed by atoms with van der Waals surface area (Å²) in [5, 5.41) is 1.11. The fourth-order valence-electron chi connectivity index (χ4n) is 5.14. The Morgan fingerprint density at radius 3 is 2.33 bits per heavy atom. The Morgan fingerprint density at radius 1 is 1.11 bits per heavy atom. The van der Waals surface area contributed by atoms with Gasteiger partial charge in [-0.25, -0.2) is 4.98 Å². The van der Waals surface area contributed by atoms with Crippen LogP contribution < -0.4 is 5.73 Å². The van der Waals surface area contributed by atoms with Crippen LogP contribution in [0.5, 0.6) is 0 Å². The van der Waals surface area contributed by atoms with Crippen LogP contribution >= 0.6 is 11.3 Å². The van der Waals surface area contributed by atoms with E-state index >= 15 is 0 Å². The van der Waals surface area contributed by atoms with Crippen molar-refractivity contribution in [1.82, 2.24) is 4.98 Å². The molecule has 4 aliphatic rings. The lowest BCUT2D eigenvalue weighted by molar-refractivity contribution is -0.0357. The van der Waals surface area contributed by atoms with Crippen molar-refractivity contribution in [2.75, 3.05) is 0 Å². The summed E-state index contributed by atoms with van der Waals surface area (Å²) in [6, 6.07) is 0. The molecule has 4 aliphatic carbocycles. The van der Waals surface area contributed by atoms with Crippen LogP contribution in [-0.2, 0) is 13.0 Å². The number of aromatic nitrogens is 1. The highest BCUT2D eigenvalue weighted by Gasteiger charge is 2.47. The first-order chi connectivity index (χ1) is 8.81. The topological polar surface area (TPSA) is 38.9 Å². The van der Waals surface area contributed by atoms with Gasteiger partial charge in [-0.1, -0.05) is 0 Å². The van der Waals surface area contributed by atoms with Crippen LogP contribution in [0.4, 0.5) is 0 Å². The van der Waals surface area contributed by atoms with Crippen molar-refractivity contribution in [1.29, 1.82) is 0 Å². The predicted octanol–water partition coefficient (Wildman–Crippen LogP) is 3.22. The Kier molecular flexibility index (Phi) is 2.73. The second kappa shape index (κ2) is 4.31. The maximum Gasteiger partial charge on any atom is 0.106 e. The summed E-state index contributed by atoms with van der Waals surface area (Å²) in [5.74, 6) is 5.20. The number of hydrogen-bond acceptors (Lipinski definition) is 3. The van der Waals surface area contributed by atoms with Crippen molar-refractivity contribution in [3.63, 3.8) is 0 Å². The third kappa shape index (κ3) is 1.83. The fourth-order valence-corrected chi connectivity index (χ4v) is 6.01. The maximum absolute atomic E-state index is 5.66. The van der Waals surface area contributed by atoms with Gasteiger partial charge < -0.3 is 5.73 Å². The van der Waals surface area contributed by atoms with Crippen LogP contribution in [0.3, 0.4) is 0 Å². The first kappa shape index (κ1) is 11.4. The van der Waals surface area contributed by atoms with Gasteiger partial charge in [-0.05, 0) is 68.1 Å². The van der Waals surface area contributed by atoms with E-state index in [1.165, 1.54) is 37.0 Å². The van der Waals surface area contributed by atoms with Crippen LogP contribution in [-0.4, -0.2) is 4.98 Å². The van der Waals surface area contributed by atoms with E-state index in [0.29, 0.717) is 6.54 Å². The van der Waals surface area contributed by atoms with Crippen molar-refractivity contribution < 1.29 is 0 Å². The molecule has 1 heterocycles. The minimum absolute atomic E-state index is 0.604. The molecule has 0 saturated heterocycles. The lowest BCUT2D eigenvalue weighted by Crippen LogP contribution is -2.45. The molecule has 18 heavy (non-hydrogen) atoms. The first-order valence-corrected chi connectivity index (χ1v) is 8.27. The summed E-state index contributed by atoms with van der Waals surface area (Å²) in [7, 11) is 0. The standard InChI is InChI=1S/C15H22N2S/c16-7-15-17-8-13(18-15)6-14-11-2-9-1-10(4-11)5-12(14)3-9/h8-12,14H,1-7,16H2. The van der Waals surface area contributed by atoms with Crippen LogP contribution in [0, 0.1) is 29.6 Å². The molecule has 2 nitrogen and oxygen atoms in total. The van der Waals surface area contributed by atoms with Crippen molar-refractivity contribution in [3.05, 3.63) is 16.1 Å². The molecule has 4 bridgehead atoms. The molecule has 0 amide bonds. The fraction of sp³-hybridized carbons (Fsp3) is 0.800. The highest BCUT2D eigenvalue weighted by Crippen LogP contribution is 2.57. The summed E-state index contributed by atoms with van der Waals surface area (Å²) in [5.41, 5.74) is 5.66. The van der Waals surface area contributed by atoms with Gasteiger partial charge in [-0.3, -0.25) is 0 Å². The summed E-state index contributed by atoms with van der Waals surface area (Å²) in [6.45, 7) is 0.604. The van der Waals surface area contributed by atoms with Crippen LogP contribution in [0.2, 0.25) is 0 Å². The van der Waals surface area contributed by atoms with Crippen molar-refractivity contribution in [3.8, 4) is 0 Å². The maximum atomic E-state index is 5.66. The van der Waals surface area contributed by atoms with Gasteiger partial charge in [0.15, 0.2) is 0 Å². The minimum atomic E-state index is 0.604. The van der Waals surface area contributed by atoms with Crippen LogP contribution in [0.15, 0.2) is 6.20 Å². The zero-order valence-electron chi connectivity index (χ0n) is 10.8. The Labute approximate surface area is 113 Å². The van der Waals surface area contributed by atoms with Gasteiger partial charge in [-0.15, -0.1) is 11.3 Å². The summed E-state index contributed by atoms with van der Waals surface area (Å²) >= 11 is 1.84. The van der Waals surface area contributed by atoms with Crippen molar-refractivity contribution in [2.24, 2.45) is 35.3 Å². The number of nitrogens with zero attached hydrogens (tertiary/aromatic N) is 1. The van der Waals surface area contributed by atoms with E-state index in [1.54, 1.807) is 6.42 Å². The number of nitrogens with two attached hydrogens (primary N) is 1. The Bertz CT molecular complexity index is 411. The third-order valence-electron chi connectivity index (χ3n) is 5.63. The molecule has 1 aromatic heterocycles. The van der Waals surface area contributed by atoms with E-state index in [1.807, 2.05) is 11.3 Å². The number of thiazole rings is 1. The predicted molar refractivity (Wildman–Crippen MR) is 74.2 cm³/mol. The second-order valence-electron chi connectivity index (χ2n) is 6.72. The normalized spacial score (nSPS) is 41.5. The summed E-state index contributed by atoms with van der Waals surface area (Å²) in [4.78, 5) is 5.89. The number of rotatable bonds is 3. The second-order valence-corrected chi connectivity index (χ2v) is 7.92. The molecule has 0 aliphatic heterocycles. The van der Waals surface area contributed by atoms with Gasteiger partial charge in [0, 0.05) is 17.6 Å².